The van der Waals surface area contributed by atoms with Crippen molar-refractivity contribution in [2.75, 3.05) is 20.1 Å². The predicted octanol–water partition coefficient (Wildman–Crippen LogP) is 1.58. The number of carboxylic acid groups (broad SMARTS) is 1. The summed E-state index contributed by atoms with van der Waals surface area (Å²) in [5.74, 6) is -0.154. The van der Waals surface area contributed by atoms with Crippen molar-refractivity contribution in [3.05, 3.63) is 35.4 Å². The zero-order valence-corrected chi connectivity index (χ0v) is 10.7. The van der Waals surface area contributed by atoms with Gasteiger partial charge in [-0.2, -0.15) is 0 Å². The fraction of sp³-hybridized carbons (Fsp3) is 0.500. The van der Waals surface area contributed by atoms with Crippen LogP contribution in [0.25, 0.3) is 0 Å². The van der Waals surface area contributed by atoms with Crippen LogP contribution >= 0.6 is 0 Å². The van der Waals surface area contributed by atoms with Gasteiger partial charge in [-0.05, 0) is 24.6 Å². The maximum absolute atomic E-state index is 10.5. The largest absolute Gasteiger partial charge is 0.481 e. The second-order valence-electron chi connectivity index (χ2n) is 5.12. The van der Waals surface area contributed by atoms with Gasteiger partial charge in [0.05, 0.1) is 0 Å². The fourth-order valence-electron chi connectivity index (χ4n) is 2.37. The molecule has 1 heterocycles. The van der Waals surface area contributed by atoms with Crippen LogP contribution in [0.4, 0.5) is 0 Å². The number of likely N-dealkylation sites (N-methyl/N-ethyl adjacent to an activating group) is 1. The van der Waals surface area contributed by atoms with Crippen LogP contribution < -0.4 is 5.73 Å². The van der Waals surface area contributed by atoms with E-state index in [2.05, 4.69) is 24.1 Å². The lowest BCUT2D eigenvalue weighted by Crippen LogP contribution is -2.41. The molecule has 1 aliphatic heterocycles. The Morgan fingerprint density at radius 3 is 2.56 bits per heavy atom. The molecule has 1 aliphatic rings. The van der Waals surface area contributed by atoms with Crippen molar-refractivity contribution in [1.29, 1.82) is 0 Å². The van der Waals surface area contributed by atoms with Gasteiger partial charge in [-0.1, -0.05) is 24.3 Å². The molecular formula is C14H20N2O2. The molecule has 1 atom stereocenters. The highest BCUT2D eigenvalue weighted by molar-refractivity contribution is 5.66. The maximum Gasteiger partial charge on any atom is 0.303 e. The first-order chi connectivity index (χ1) is 8.56. The first-order valence-corrected chi connectivity index (χ1v) is 6.32. The molecule has 18 heavy (non-hydrogen) atoms. The zero-order valence-electron chi connectivity index (χ0n) is 10.7. The Labute approximate surface area is 107 Å². The standard InChI is InChI=1S/C14H20N2O2/c1-16-8-12(9-16)10-2-4-11(5-3-10)13(15)6-7-14(17)18/h2-5,12-13H,6-9,15H2,1H3,(H,17,18). The summed E-state index contributed by atoms with van der Waals surface area (Å²) in [6, 6.07) is 8.11. The van der Waals surface area contributed by atoms with E-state index in [0.717, 1.165) is 18.7 Å². The Hall–Kier alpha value is -1.39. The van der Waals surface area contributed by atoms with Gasteiger partial charge in [0.25, 0.3) is 0 Å². The summed E-state index contributed by atoms with van der Waals surface area (Å²) in [6.45, 7) is 2.23. The van der Waals surface area contributed by atoms with Gasteiger partial charge < -0.3 is 15.7 Å². The summed E-state index contributed by atoms with van der Waals surface area (Å²) in [4.78, 5) is 12.8. The molecule has 3 N–H and O–H groups in total. The lowest BCUT2D eigenvalue weighted by molar-refractivity contribution is -0.137. The zero-order chi connectivity index (χ0) is 13.1. The topological polar surface area (TPSA) is 66.6 Å². The van der Waals surface area contributed by atoms with Crippen molar-refractivity contribution in [3.63, 3.8) is 0 Å². The minimum Gasteiger partial charge on any atom is -0.481 e. The highest BCUT2D eigenvalue weighted by Crippen LogP contribution is 2.26. The highest BCUT2D eigenvalue weighted by Gasteiger charge is 2.24. The van der Waals surface area contributed by atoms with Crippen LogP contribution in [0.5, 0.6) is 0 Å². The van der Waals surface area contributed by atoms with E-state index in [4.69, 9.17) is 10.8 Å². The molecule has 4 heteroatoms. The lowest BCUT2D eigenvalue weighted by atomic mass is 9.90. The molecule has 1 fully saturated rings. The van der Waals surface area contributed by atoms with Crippen LogP contribution in [0.1, 0.15) is 35.9 Å². The smallest absolute Gasteiger partial charge is 0.303 e. The van der Waals surface area contributed by atoms with E-state index in [9.17, 15) is 4.79 Å². The van der Waals surface area contributed by atoms with Crippen LogP contribution in [0.2, 0.25) is 0 Å². The second-order valence-corrected chi connectivity index (χ2v) is 5.12. The van der Waals surface area contributed by atoms with Gasteiger partial charge in [0.1, 0.15) is 0 Å². The van der Waals surface area contributed by atoms with E-state index in [1.54, 1.807) is 0 Å². The summed E-state index contributed by atoms with van der Waals surface area (Å²) in [5.41, 5.74) is 8.34. The molecule has 2 rings (SSSR count). The molecule has 1 aromatic rings. The van der Waals surface area contributed by atoms with Crippen molar-refractivity contribution in [1.82, 2.24) is 4.90 Å². The van der Waals surface area contributed by atoms with E-state index in [1.807, 2.05) is 12.1 Å². The molecule has 1 aromatic carbocycles. The predicted molar refractivity (Wildman–Crippen MR) is 70.5 cm³/mol. The molecule has 4 nitrogen and oxygen atoms in total. The van der Waals surface area contributed by atoms with E-state index in [1.165, 1.54) is 5.56 Å². The molecule has 0 saturated carbocycles. The Morgan fingerprint density at radius 1 is 1.44 bits per heavy atom. The Bertz CT molecular complexity index is 410. The number of hydrogen-bond donors (Lipinski definition) is 2. The molecule has 0 amide bonds. The molecule has 0 spiro atoms. The van der Waals surface area contributed by atoms with E-state index < -0.39 is 5.97 Å². The number of nitrogens with zero attached hydrogens (tertiary/aromatic N) is 1. The van der Waals surface area contributed by atoms with Crippen molar-refractivity contribution in [2.24, 2.45) is 5.73 Å². The average Bonchev–Trinajstić information content (AvgIpc) is 2.32. The van der Waals surface area contributed by atoms with Crippen LogP contribution in [-0.4, -0.2) is 36.1 Å². The van der Waals surface area contributed by atoms with Gasteiger partial charge in [-0.3, -0.25) is 4.79 Å². The number of likely N-dealkylation sites (tertiary alicyclic amines) is 1. The first kappa shape index (κ1) is 13.1. The van der Waals surface area contributed by atoms with Gasteiger partial charge in [0.15, 0.2) is 0 Å². The minimum absolute atomic E-state index is 0.121. The van der Waals surface area contributed by atoms with Crippen LogP contribution in [-0.2, 0) is 4.79 Å². The van der Waals surface area contributed by atoms with Gasteiger partial charge in [-0.25, -0.2) is 0 Å². The number of benzene rings is 1. The summed E-state index contributed by atoms with van der Waals surface area (Å²) in [7, 11) is 2.12. The van der Waals surface area contributed by atoms with Crippen molar-refractivity contribution < 1.29 is 9.90 Å². The summed E-state index contributed by atoms with van der Waals surface area (Å²) < 4.78 is 0. The number of carboxylic acids is 1. The minimum atomic E-state index is -0.792. The Kier molecular flexibility index (Phi) is 3.99. The fourth-order valence-corrected chi connectivity index (χ4v) is 2.37. The summed E-state index contributed by atoms with van der Waals surface area (Å²) >= 11 is 0. The van der Waals surface area contributed by atoms with Gasteiger partial charge in [-0.15, -0.1) is 0 Å². The Balaban J connectivity index is 1.92. The third-order valence-corrected chi connectivity index (χ3v) is 3.57. The maximum atomic E-state index is 10.5. The molecular weight excluding hydrogens is 228 g/mol. The monoisotopic (exact) mass is 248 g/mol. The molecule has 0 aliphatic carbocycles. The van der Waals surface area contributed by atoms with E-state index >= 15 is 0 Å². The molecule has 1 unspecified atom stereocenters. The van der Waals surface area contributed by atoms with E-state index in [-0.39, 0.29) is 12.5 Å². The van der Waals surface area contributed by atoms with Crippen LogP contribution in [0, 0.1) is 0 Å². The normalized spacial score (nSPS) is 18.3. The number of aliphatic carboxylic acids is 1. The average molecular weight is 248 g/mol. The number of nitrogens with two attached hydrogens (primary N) is 1. The molecule has 0 bridgehead atoms. The van der Waals surface area contributed by atoms with Crippen LogP contribution in [0.15, 0.2) is 24.3 Å². The SMILES string of the molecule is CN1CC(c2ccc(C(N)CCC(=O)O)cc2)C1. The number of hydrogen-bond acceptors (Lipinski definition) is 3. The third kappa shape index (κ3) is 3.09. The quantitative estimate of drug-likeness (QED) is 0.830. The summed E-state index contributed by atoms with van der Waals surface area (Å²) in [5, 5.41) is 8.63. The number of rotatable bonds is 5. The third-order valence-electron chi connectivity index (χ3n) is 3.57. The van der Waals surface area contributed by atoms with Gasteiger partial charge in [0.2, 0.25) is 0 Å². The first-order valence-electron chi connectivity index (χ1n) is 6.32. The second kappa shape index (κ2) is 5.50. The number of carbonyl (C=O) groups is 1. The molecule has 1 saturated heterocycles. The highest BCUT2D eigenvalue weighted by atomic mass is 16.4. The van der Waals surface area contributed by atoms with Gasteiger partial charge in [0, 0.05) is 31.5 Å². The molecule has 0 aromatic heterocycles. The Morgan fingerprint density at radius 2 is 2.06 bits per heavy atom. The van der Waals surface area contributed by atoms with Crippen LogP contribution in [0.3, 0.4) is 0 Å². The lowest BCUT2D eigenvalue weighted by Gasteiger charge is -2.36. The summed E-state index contributed by atoms with van der Waals surface area (Å²) in [6.07, 6.45) is 0.608. The molecule has 0 radical (unpaired) electrons. The van der Waals surface area contributed by atoms with Gasteiger partial charge >= 0.3 is 5.97 Å². The van der Waals surface area contributed by atoms with Crippen molar-refractivity contribution in [3.8, 4) is 0 Å². The van der Waals surface area contributed by atoms with Crippen molar-refractivity contribution in [2.45, 2.75) is 24.8 Å². The van der Waals surface area contributed by atoms with E-state index in [0.29, 0.717) is 12.3 Å². The van der Waals surface area contributed by atoms with Crippen molar-refractivity contribution >= 4 is 5.97 Å². The molecule has 98 valence electrons.